The third-order valence-electron chi connectivity index (χ3n) is 3.95. The fourth-order valence-corrected chi connectivity index (χ4v) is 2.87. The Hall–Kier alpha value is -1.39. The van der Waals surface area contributed by atoms with Crippen LogP contribution in [0.1, 0.15) is 31.4 Å². The lowest BCUT2D eigenvalue weighted by atomic mass is 9.98. The van der Waals surface area contributed by atoms with Crippen LogP contribution in [0.15, 0.2) is 30.3 Å². The Morgan fingerprint density at radius 3 is 2.62 bits per heavy atom. The van der Waals surface area contributed by atoms with Crippen molar-refractivity contribution in [3.63, 3.8) is 0 Å². The number of rotatable bonds is 6. The minimum absolute atomic E-state index is 0.168. The van der Waals surface area contributed by atoms with E-state index in [0.29, 0.717) is 12.5 Å². The van der Waals surface area contributed by atoms with E-state index in [1.165, 1.54) is 0 Å². The molecule has 1 atom stereocenters. The van der Waals surface area contributed by atoms with Gasteiger partial charge < -0.3 is 9.47 Å². The van der Waals surface area contributed by atoms with Gasteiger partial charge in [-0.1, -0.05) is 30.3 Å². The SMILES string of the molecule is CCOC(=O)C(c1ccccc1)N(C)CC1CCOCC1. The average molecular weight is 291 g/mol. The Labute approximate surface area is 127 Å². The lowest BCUT2D eigenvalue weighted by molar-refractivity contribution is -0.149. The van der Waals surface area contributed by atoms with Gasteiger partial charge in [0, 0.05) is 19.8 Å². The van der Waals surface area contributed by atoms with Crippen LogP contribution in [0.25, 0.3) is 0 Å². The van der Waals surface area contributed by atoms with Gasteiger partial charge in [0.05, 0.1) is 6.61 Å². The molecule has 21 heavy (non-hydrogen) atoms. The van der Waals surface area contributed by atoms with E-state index in [2.05, 4.69) is 4.90 Å². The van der Waals surface area contributed by atoms with Gasteiger partial charge in [0.2, 0.25) is 0 Å². The molecule has 1 heterocycles. The van der Waals surface area contributed by atoms with Crippen LogP contribution in [0.2, 0.25) is 0 Å². The quantitative estimate of drug-likeness (QED) is 0.755. The Kier molecular flexibility index (Phi) is 6.21. The number of carbonyl (C=O) groups is 1. The zero-order valence-corrected chi connectivity index (χ0v) is 13.0. The molecule has 4 heteroatoms. The van der Waals surface area contributed by atoms with Gasteiger partial charge in [-0.25, -0.2) is 4.79 Å². The van der Waals surface area contributed by atoms with Gasteiger partial charge >= 0.3 is 5.97 Å². The van der Waals surface area contributed by atoms with Gasteiger partial charge in [0.25, 0.3) is 0 Å². The molecule has 1 saturated heterocycles. The summed E-state index contributed by atoms with van der Waals surface area (Å²) in [6.07, 6.45) is 2.13. The van der Waals surface area contributed by atoms with Crippen LogP contribution in [0.4, 0.5) is 0 Å². The number of carbonyl (C=O) groups excluding carboxylic acids is 1. The molecular weight excluding hydrogens is 266 g/mol. The molecule has 1 aliphatic heterocycles. The van der Waals surface area contributed by atoms with Gasteiger partial charge in [0.1, 0.15) is 6.04 Å². The second kappa shape index (κ2) is 8.15. The summed E-state index contributed by atoms with van der Waals surface area (Å²) in [7, 11) is 2.00. The number of esters is 1. The van der Waals surface area contributed by atoms with E-state index >= 15 is 0 Å². The van der Waals surface area contributed by atoms with E-state index in [4.69, 9.17) is 9.47 Å². The highest BCUT2D eigenvalue weighted by Gasteiger charge is 2.28. The third kappa shape index (κ3) is 4.55. The highest BCUT2D eigenvalue weighted by atomic mass is 16.5. The van der Waals surface area contributed by atoms with E-state index in [9.17, 15) is 4.79 Å². The monoisotopic (exact) mass is 291 g/mol. The molecule has 4 nitrogen and oxygen atoms in total. The average Bonchev–Trinajstić information content (AvgIpc) is 2.50. The Morgan fingerprint density at radius 2 is 2.00 bits per heavy atom. The van der Waals surface area contributed by atoms with Crippen LogP contribution < -0.4 is 0 Å². The standard InChI is InChI=1S/C17H25NO3/c1-3-21-17(19)16(15-7-5-4-6-8-15)18(2)13-14-9-11-20-12-10-14/h4-8,14,16H,3,9-13H2,1-2H3. The summed E-state index contributed by atoms with van der Waals surface area (Å²) < 4.78 is 10.7. The molecule has 116 valence electrons. The van der Waals surface area contributed by atoms with Crippen molar-refractivity contribution in [2.45, 2.75) is 25.8 Å². The summed E-state index contributed by atoms with van der Waals surface area (Å²) in [4.78, 5) is 14.5. The molecule has 1 fully saturated rings. The van der Waals surface area contributed by atoms with Gasteiger partial charge in [-0.2, -0.15) is 0 Å². The number of ether oxygens (including phenoxy) is 2. The van der Waals surface area contributed by atoms with Crippen LogP contribution in [0.5, 0.6) is 0 Å². The Bertz CT molecular complexity index is 429. The zero-order valence-electron chi connectivity index (χ0n) is 13.0. The topological polar surface area (TPSA) is 38.8 Å². The minimum Gasteiger partial charge on any atom is -0.465 e. The van der Waals surface area contributed by atoms with Gasteiger partial charge in [-0.15, -0.1) is 0 Å². The highest BCUT2D eigenvalue weighted by molar-refractivity contribution is 5.77. The molecule has 2 rings (SSSR count). The van der Waals surface area contributed by atoms with Crippen molar-refractivity contribution in [3.8, 4) is 0 Å². The molecule has 1 unspecified atom stereocenters. The van der Waals surface area contributed by atoms with Crippen molar-refractivity contribution in [1.82, 2.24) is 4.90 Å². The zero-order chi connectivity index (χ0) is 15.1. The maximum Gasteiger partial charge on any atom is 0.327 e. The van der Waals surface area contributed by atoms with E-state index < -0.39 is 0 Å². The number of nitrogens with zero attached hydrogens (tertiary/aromatic N) is 1. The number of likely N-dealkylation sites (N-methyl/N-ethyl adjacent to an activating group) is 1. The predicted molar refractivity (Wildman–Crippen MR) is 82.0 cm³/mol. The molecule has 0 saturated carbocycles. The maximum absolute atomic E-state index is 12.3. The van der Waals surface area contributed by atoms with Crippen LogP contribution in [0, 0.1) is 5.92 Å². The molecule has 0 bridgehead atoms. The molecule has 0 radical (unpaired) electrons. The summed E-state index contributed by atoms with van der Waals surface area (Å²) in [6.45, 7) is 4.80. The molecular formula is C17H25NO3. The number of hydrogen-bond acceptors (Lipinski definition) is 4. The molecule has 0 aromatic heterocycles. The number of hydrogen-bond donors (Lipinski definition) is 0. The first-order valence-corrected chi connectivity index (χ1v) is 7.72. The molecule has 1 aromatic carbocycles. The summed E-state index contributed by atoms with van der Waals surface area (Å²) in [6, 6.07) is 9.54. The third-order valence-corrected chi connectivity index (χ3v) is 3.95. The summed E-state index contributed by atoms with van der Waals surface area (Å²) >= 11 is 0. The number of benzene rings is 1. The van der Waals surface area contributed by atoms with Crippen molar-refractivity contribution >= 4 is 5.97 Å². The Morgan fingerprint density at radius 1 is 1.33 bits per heavy atom. The molecule has 1 aliphatic rings. The maximum atomic E-state index is 12.3. The van der Waals surface area contributed by atoms with Crippen molar-refractivity contribution in [3.05, 3.63) is 35.9 Å². The van der Waals surface area contributed by atoms with E-state index in [-0.39, 0.29) is 12.0 Å². The van der Waals surface area contributed by atoms with Crippen molar-refractivity contribution < 1.29 is 14.3 Å². The predicted octanol–water partition coefficient (Wildman–Crippen LogP) is 2.65. The van der Waals surface area contributed by atoms with E-state index in [0.717, 1.165) is 38.2 Å². The lowest BCUT2D eigenvalue weighted by Crippen LogP contribution is -2.37. The second-order valence-corrected chi connectivity index (χ2v) is 5.56. The summed E-state index contributed by atoms with van der Waals surface area (Å²) in [5.74, 6) is 0.419. The van der Waals surface area contributed by atoms with Gasteiger partial charge in [0.15, 0.2) is 0 Å². The highest BCUT2D eigenvalue weighted by Crippen LogP contribution is 2.24. The Balaban J connectivity index is 2.08. The second-order valence-electron chi connectivity index (χ2n) is 5.56. The largest absolute Gasteiger partial charge is 0.465 e. The van der Waals surface area contributed by atoms with Gasteiger partial charge in [-0.05, 0) is 38.3 Å². The van der Waals surface area contributed by atoms with Gasteiger partial charge in [-0.3, -0.25) is 4.90 Å². The van der Waals surface area contributed by atoms with Crippen LogP contribution >= 0.6 is 0 Å². The van der Waals surface area contributed by atoms with Crippen LogP contribution in [0.3, 0.4) is 0 Å². The fourth-order valence-electron chi connectivity index (χ4n) is 2.87. The van der Waals surface area contributed by atoms with E-state index in [1.807, 2.05) is 44.3 Å². The first-order valence-electron chi connectivity index (χ1n) is 7.72. The molecule has 0 N–H and O–H groups in total. The molecule has 1 aromatic rings. The normalized spacial score (nSPS) is 17.7. The first kappa shape index (κ1) is 16.0. The molecule has 0 spiro atoms. The van der Waals surface area contributed by atoms with Crippen molar-refractivity contribution in [1.29, 1.82) is 0 Å². The summed E-state index contributed by atoms with van der Waals surface area (Å²) in [5.41, 5.74) is 0.991. The van der Waals surface area contributed by atoms with Crippen molar-refractivity contribution in [2.75, 3.05) is 33.4 Å². The summed E-state index contributed by atoms with van der Waals surface area (Å²) in [5, 5.41) is 0. The minimum atomic E-state index is -0.325. The van der Waals surface area contributed by atoms with Crippen LogP contribution in [-0.4, -0.2) is 44.3 Å². The van der Waals surface area contributed by atoms with Crippen LogP contribution in [-0.2, 0) is 14.3 Å². The smallest absolute Gasteiger partial charge is 0.327 e. The molecule has 0 aliphatic carbocycles. The molecule has 0 amide bonds. The van der Waals surface area contributed by atoms with E-state index in [1.54, 1.807) is 0 Å². The lowest BCUT2D eigenvalue weighted by Gasteiger charge is -2.31. The van der Waals surface area contributed by atoms with Crippen molar-refractivity contribution in [2.24, 2.45) is 5.92 Å². The fraction of sp³-hybridized carbons (Fsp3) is 0.588. The first-order chi connectivity index (χ1) is 10.2.